The molecule has 3 rings (SSSR count). The Balaban J connectivity index is 1.27. The van der Waals surface area contributed by atoms with Crippen molar-refractivity contribution in [1.82, 2.24) is 0 Å². The fourth-order valence-corrected chi connectivity index (χ4v) is 5.52. The maximum absolute atomic E-state index is 12.6. The number of rotatable bonds is 19. The largest absolute Gasteiger partial charge is 0.494 e. The van der Waals surface area contributed by atoms with E-state index in [1.54, 1.807) is 24.3 Å². The van der Waals surface area contributed by atoms with Crippen molar-refractivity contribution >= 4 is 5.97 Å². The first-order valence-electron chi connectivity index (χ1n) is 15.5. The van der Waals surface area contributed by atoms with Crippen LogP contribution in [0.1, 0.15) is 114 Å². The Kier molecular flexibility index (Phi) is 14.6. The minimum Gasteiger partial charge on any atom is -0.494 e. The third-order valence-corrected chi connectivity index (χ3v) is 7.88. The van der Waals surface area contributed by atoms with Crippen LogP contribution in [0.15, 0.2) is 61.2 Å². The van der Waals surface area contributed by atoms with Gasteiger partial charge in [-0.25, -0.2) is 4.79 Å². The average molecular weight is 535 g/mol. The number of hydrogen-bond donors (Lipinski definition) is 0. The standard InChI is InChI=1S/C35H50O4/c1-3-5-6-7-8-9-10-11-27-37-32-21-19-31(20-22-32)35(36)39-34-25-23-33(24-26-34)38-28-12-14-30-17-15-29(13-4-2)16-18-30/h3,19-26,29-30H,1,4-18,27-28H2,2H3/t29-,30-. The molecule has 0 amide bonds. The molecule has 4 heteroatoms. The molecule has 0 heterocycles. The van der Waals surface area contributed by atoms with E-state index in [-0.39, 0.29) is 5.97 Å². The molecule has 1 saturated carbocycles. The highest BCUT2D eigenvalue weighted by Crippen LogP contribution is 2.33. The average Bonchev–Trinajstić information content (AvgIpc) is 2.96. The lowest BCUT2D eigenvalue weighted by Crippen LogP contribution is -2.15. The summed E-state index contributed by atoms with van der Waals surface area (Å²) in [7, 11) is 0. The highest BCUT2D eigenvalue weighted by molar-refractivity contribution is 5.91. The van der Waals surface area contributed by atoms with Gasteiger partial charge in [0.25, 0.3) is 0 Å². The van der Waals surface area contributed by atoms with Crippen LogP contribution >= 0.6 is 0 Å². The predicted octanol–water partition coefficient (Wildman–Crippen LogP) is 9.97. The fraction of sp³-hybridized carbons (Fsp3) is 0.571. The van der Waals surface area contributed by atoms with Crippen LogP contribution in [0.3, 0.4) is 0 Å². The minimum absolute atomic E-state index is 0.375. The summed E-state index contributed by atoms with van der Waals surface area (Å²) < 4.78 is 17.3. The first-order chi connectivity index (χ1) is 19.2. The van der Waals surface area contributed by atoms with Crippen molar-refractivity contribution in [2.24, 2.45) is 11.8 Å². The number of hydrogen-bond acceptors (Lipinski definition) is 4. The Morgan fingerprint density at radius 1 is 0.718 bits per heavy atom. The smallest absolute Gasteiger partial charge is 0.343 e. The quantitative estimate of drug-likeness (QED) is 0.0778. The molecule has 0 aromatic heterocycles. The zero-order chi connectivity index (χ0) is 27.5. The van der Waals surface area contributed by atoms with Crippen LogP contribution in [0.25, 0.3) is 0 Å². The molecule has 0 unspecified atom stereocenters. The molecular formula is C35H50O4. The van der Waals surface area contributed by atoms with Crippen molar-refractivity contribution in [3.8, 4) is 17.2 Å². The van der Waals surface area contributed by atoms with Gasteiger partial charge in [0, 0.05) is 0 Å². The second-order valence-corrected chi connectivity index (χ2v) is 11.1. The Morgan fingerprint density at radius 3 is 1.85 bits per heavy atom. The van der Waals surface area contributed by atoms with Crippen LogP contribution in [0.5, 0.6) is 17.2 Å². The van der Waals surface area contributed by atoms with Gasteiger partial charge >= 0.3 is 5.97 Å². The van der Waals surface area contributed by atoms with Gasteiger partial charge in [0.2, 0.25) is 0 Å². The second-order valence-electron chi connectivity index (χ2n) is 11.1. The van der Waals surface area contributed by atoms with Crippen molar-refractivity contribution in [2.45, 2.75) is 103 Å². The molecule has 0 radical (unpaired) electrons. The van der Waals surface area contributed by atoms with Gasteiger partial charge in [-0.1, -0.05) is 77.2 Å². The molecule has 4 nitrogen and oxygen atoms in total. The van der Waals surface area contributed by atoms with Gasteiger partial charge in [-0.2, -0.15) is 0 Å². The van der Waals surface area contributed by atoms with Crippen molar-refractivity contribution in [1.29, 1.82) is 0 Å². The van der Waals surface area contributed by atoms with Crippen molar-refractivity contribution in [2.75, 3.05) is 13.2 Å². The normalized spacial score (nSPS) is 16.9. The predicted molar refractivity (Wildman–Crippen MR) is 161 cm³/mol. The number of benzene rings is 2. The molecule has 0 N–H and O–H groups in total. The molecule has 0 aliphatic heterocycles. The van der Waals surface area contributed by atoms with E-state index in [2.05, 4.69) is 13.5 Å². The maximum atomic E-state index is 12.6. The molecule has 2 aromatic rings. The summed E-state index contributed by atoms with van der Waals surface area (Å²) in [4.78, 5) is 12.6. The Hall–Kier alpha value is -2.75. The summed E-state index contributed by atoms with van der Waals surface area (Å²) in [5.41, 5.74) is 0.505. The molecule has 1 aliphatic carbocycles. The zero-order valence-electron chi connectivity index (χ0n) is 24.2. The number of esters is 1. The molecule has 2 aromatic carbocycles. The van der Waals surface area contributed by atoms with E-state index >= 15 is 0 Å². The van der Waals surface area contributed by atoms with E-state index in [4.69, 9.17) is 14.2 Å². The molecule has 1 fully saturated rings. The molecule has 0 saturated heterocycles. The van der Waals surface area contributed by atoms with Crippen LogP contribution in [0, 0.1) is 11.8 Å². The Labute approximate surface area is 237 Å². The lowest BCUT2D eigenvalue weighted by atomic mass is 9.78. The Morgan fingerprint density at radius 2 is 1.23 bits per heavy atom. The SMILES string of the molecule is C=CCCCCCCCCOc1ccc(C(=O)Oc2ccc(OCCC[C@H]3CC[C@H](CCC)CC3)cc2)cc1. The first-order valence-corrected chi connectivity index (χ1v) is 15.5. The topological polar surface area (TPSA) is 44.8 Å². The summed E-state index contributed by atoms with van der Waals surface area (Å²) in [5.74, 6) is 3.58. The summed E-state index contributed by atoms with van der Waals surface area (Å²) in [5, 5.41) is 0. The number of unbranched alkanes of at least 4 members (excludes halogenated alkanes) is 6. The van der Waals surface area contributed by atoms with Crippen LogP contribution in [0.2, 0.25) is 0 Å². The summed E-state index contributed by atoms with van der Waals surface area (Å²) in [6, 6.07) is 14.5. The van der Waals surface area contributed by atoms with Gasteiger partial charge in [0.05, 0.1) is 18.8 Å². The number of allylic oxidation sites excluding steroid dienone is 1. The van der Waals surface area contributed by atoms with Gasteiger partial charge in [0.15, 0.2) is 0 Å². The van der Waals surface area contributed by atoms with Crippen molar-refractivity contribution in [3.63, 3.8) is 0 Å². The lowest BCUT2D eigenvalue weighted by molar-refractivity contribution is 0.0734. The van der Waals surface area contributed by atoms with Crippen LogP contribution in [-0.4, -0.2) is 19.2 Å². The van der Waals surface area contributed by atoms with Gasteiger partial charge in [-0.15, -0.1) is 6.58 Å². The van der Waals surface area contributed by atoms with E-state index in [1.165, 1.54) is 77.0 Å². The summed E-state index contributed by atoms with van der Waals surface area (Å²) in [6.07, 6.45) is 21.1. The van der Waals surface area contributed by atoms with Gasteiger partial charge < -0.3 is 14.2 Å². The summed E-state index contributed by atoms with van der Waals surface area (Å²) in [6.45, 7) is 7.49. The van der Waals surface area contributed by atoms with E-state index < -0.39 is 0 Å². The third-order valence-electron chi connectivity index (χ3n) is 7.88. The van der Waals surface area contributed by atoms with Crippen LogP contribution in [-0.2, 0) is 0 Å². The van der Waals surface area contributed by atoms with Gasteiger partial charge in [0.1, 0.15) is 17.2 Å². The van der Waals surface area contributed by atoms with Gasteiger partial charge in [-0.3, -0.25) is 0 Å². The molecule has 0 atom stereocenters. The number of carbonyl (C=O) groups is 1. The van der Waals surface area contributed by atoms with Crippen molar-refractivity contribution in [3.05, 3.63) is 66.7 Å². The number of carbonyl (C=O) groups excluding carboxylic acids is 1. The highest BCUT2D eigenvalue weighted by atomic mass is 16.5. The lowest BCUT2D eigenvalue weighted by Gasteiger charge is -2.28. The van der Waals surface area contributed by atoms with E-state index in [9.17, 15) is 4.79 Å². The molecule has 39 heavy (non-hydrogen) atoms. The molecule has 0 bridgehead atoms. The van der Waals surface area contributed by atoms with E-state index in [0.717, 1.165) is 49.2 Å². The van der Waals surface area contributed by atoms with Crippen LogP contribution < -0.4 is 14.2 Å². The van der Waals surface area contributed by atoms with Crippen LogP contribution in [0.4, 0.5) is 0 Å². The third kappa shape index (κ3) is 12.3. The monoisotopic (exact) mass is 534 g/mol. The maximum Gasteiger partial charge on any atom is 0.343 e. The second kappa shape index (κ2) is 18.5. The molecule has 1 aliphatic rings. The van der Waals surface area contributed by atoms with E-state index in [0.29, 0.717) is 17.9 Å². The zero-order valence-corrected chi connectivity index (χ0v) is 24.2. The summed E-state index contributed by atoms with van der Waals surface area (Å²) >= 11 is 0. The minimum atomic E-state index is -0.375. The molecular weight excluding hydrogens is 484 g/mol. The molecule has 214 valence electrons. The highest BCUT2D eigenvalue weighted by Gasteiger charge is 2.20. The number of ether oxygens (including phenoxy) is 3. The van der Waals surface area contributed by atoms with E-state index in [1.807, 2.05) is 30.3 Å². The first kappa shape index (κ1) is 30.8. The fourth-order valence-electron chi connectivity index (χ4n) is 5.52. The Bertz CT molecular complexity index is 926. The molecule has 0 spiro atoms. The van der Waals surface area contributed by atoms with Crippen molar-refractivity contribution < 1.29 is 19.0 Å². The van der Waals surface area contributed by atoms with Gasteiger partial charge in [-0.05, 0) is 92.5 Å².